The molecular weight excluding hydrogens is 234 g/mol. The molecule has 7 heteroatoms. The molecule has 1 aromatic rings. The van der Waals surface area contributed by atoms with Gasteiger partial charge in [-0.15, -0.1) is 0 Å². The molecule has 2 rings (SSSR count). The SMILES string of the molecule is O=C(O)N1CC(c2ccc(F)c(F)c2)NC1=O. The van der Waals surface area contributed by atoms with Crippen LogP contribution in [0.15, 0.2) is 18.2 Å². The van der Waals surface area contributed by atoms with E-state index in [0.29, 0.717) is 10.5 Å². The maximum atomic E-state index is 13.0. The molecule has 17 heavy (non-hydrogen) atoms. The number of urea groups is 1. The molecular formula is C10H8F2N2O3. The highest BCUT2D eigenvalue weighted by molar-refractivity contribution is 5.92. The predicted octanol–water partition coefficient (Wildman–Crippen LogP) is 1.71. The molecule has 0 radical (unpaired) electrons. The highest BCUT2D eigenvalue weighted by Gasteiger charge is 2.34. The number of carbonyl (C=O) groups excluding carboxylic acids is 1. The fraction of sp³-hybridized carbons (Fsp3) is 0.200. The first-order chi connectivity index (χ1) is 7.99. The van der Waals surface area contributed by atoms with Crippen LogP contribution in [0.3, 0.4) is 0 Å². The number of hydrogen-bond acceptors (Lipinski definition) is 2. The number of nitrogens with one attached hydrogen (secondary N) is 1. The zero-order chi connectivity index (χ0) is 12.6. The van der Waals surface area contributed by atoms with Gasteiger partial charge in [-0.05, 0) is 17.7 Å². The van der Waals surface area contributed by atoms with Gasteiger partial charge in [0.1, 0.15) is 0 Å². The topological polar surface area (TPSA) is 69.6 Å². The lowest BCUT2D eigenvalue weighted by atomic mass is 10.1. The molecule has 1 heterocycles. The molecule has 0 aliphatic carbocycles. The second-order valence-corrected chi connectivity index (χ2v) is 3.57. The summed E-state index contributed by atoms with van der Waals surface area (Å²) in [6.45, 7) is -0.126. The molecule has 1 atom stereocenters. The monoisotopic (exact) mass is 242 g/mol. The standard InChI is InChI=1S/C10H8F2N2O3/c11-6-2-1-5(3-7(6)12)8-4-14(10(16)17)9(15)13-8/h1-3,8H,4H2,(H,13,15)(H,16,17). The normalized spacial score (nSPS) is 19.3. The average molecular weight is 242 g/mol. The largest absolute Gasteiger partial charge is 0.465 e. The number of benzene rings is 1. The van der Waals surface area contributed by atoms with Gasteiger partial charge in [0.2, 0.25) is 0 Å². The maximum absolute atomic E-state index is 13.0. The van der Waals surface area contributed by atoms with Crippen LogP contribution in [0.5, 0.6) is 0 Å². The van der Waals surface area contributed by atoms with Crippen molar-refractivity contribution >= 4 is 12.1 Å². The summed E-state index contributed by atoms with van der Waals surface area (Å²) in [5.74, 6) is -2.03. The fourth-order valence-corrected chi connectivity index (χ4v) is 1.62. The van der Waals surface area contributed by atoms with E-state index in [9.17, 15) is 18.4 Å². The molecule has 1 aromatic carbocycles. The van der Waals surface area contributed by atoms with E-state index in [1.165, 1.54) is 6.07 Å². The third-order valence-corrected chi connectivity index (χ3v) is 2.48. The molecule has 90 valence electrons. The summed E-state index contributed by atoms with van der Waals surface area (Å²) in [7, 11) is 0. The number of amides is 3. The Balaban J connectivity index is 2.22. The Labute approximate surface area is 94.6 Å². The van der Waals surface area contributed by atoms with E-state index >= 15 is 0 Å². The van der Waals surface area contributed by atoms with E-state index in [2.05, 4.69) is 5.32 Å². The van der Waals surface area contributed by atoms with Gasteiger partial charge in [-0.3, -0.25) is 0 Å². The Kier molecular flexibility index (Phi) is 2.66. The van der Waals surface area contributed by atoms with Crippen LogP contribution < -0.4 is 5.32 Å². The summed E-state index contributed by atoms with van der Waals surface area (Å²) < 4.78 is 25.7. The first-order valence-corrected chi connectivity index (χ1v) is 4.75. The number of rotatable bonds is 1. The minimum Gasteiger partial charge on any atom is -0.465 e. The number of halogens is 2. The Morgan fingerprint density at radius 1 is 1.41 bits per heavy atom. The molecule has 2 N–H and O–H groups in total. The summed E-state index contributed by atoms with van der Waals surface area (Å²) in [5, 5.41) is 11.0. The van der Waals surface area contributed by atoms with Gasteiger partial charge in [0.25, 0.3) is 0 Å². The molecule has 1 fully saturated rings. The van der Waals surface area contributed by atoms with Crippen molar-refractivity contribution in [1.82, 2.24) is 10.2 Å². The van der Waals surface area contributed by atoms with Crippen molar-refractivity contribution in [1.29, 1.82) is 0 Å². The Morgan fingerprint density at radius 2 is 2.12 bits per heavy atom. The van der Waals surface area contributed by atoms with E-state index in [-0.39, 0.29) is 6.54 Å². The Morgan fingerprint density at radius 3 is 2.65 bits per heavy atom. The highest BCUT2D eigenvalue weighted by Crippen LogP contribution is 2.21. The second kappa shape index (κ2) is 4.00. The van der Waals surface area contributed by atoms with E-state index in [0.717, 1.165) is 12.1 Å². The molecule has 1 aliphatic rings. The predicted molar refractivity (Wildman–Crippen MR) is 52.4 cm³/mol. The van der Waals surface area contributed by atoms with Crippen LogP contribution in [0.2, 0.25) is 0 Å². The van der Waals surface area contributed by atoms with Crippen molar-refractivity contribution in [2.24, 2.45) is 0 Å². The summed E-state index contributed by atoms with van der Waals surface area (Å²) in [6.07, 6.45) is -1.38. The number of hydrogen-bond donors (Lipinski definition) is 2. The third-order valence-electron chi connectivity index (χ3n) is 2.48. The van der Waals surface area contributed by atoms with Gasteiger partial charge < -0.3 is 10.4 Å². The van der Waals surface area contributed by atoms with Crippen molar-refractivity contribution in [2.45, 2.75) is 6.04 Å². The molecule has 0 bridgehead atoms. The summed E-state index contributed by atoms with van der Waals surface area (Å²) in [5.41, 5.74) is 0.320. The number of imide groups is 1. The van der Waals surface area contributed by atoms with Gasteiger partial charge in [-0.2, -0.15) is 0 Å². The number of carboxylic acid groups (broad SMARTS) is 1. The van der Waals surface area contributed by atoms with E-state index in [4.69, 9.17) is 5.11 Å². The van der Waals surface area contributed by atoms with Gasteiger partial charge >= 0.3 is 12.1 Å². The second-order valence-electron chi connectivity index (χ2n) is 3.57. The van der Waals surface area contributed by atoms with Gasteiger partial charge in [-0.1, -0.05) is 6.07 Å². The van der Waals surface area contributed by atoms with Gasteiger partial charge in [-0.25, -0.2) is 23.3 Å². The zero-order valence-corrected chi connectivity index (χ0v) is 8.48. The molecule has 5 nitrogen and oxygen atoms in total. The van der Waals surface area contributed by atoms with Crippen molar-refractivity contribution in [3.05, 3.63) is 35.4 Å². The number of carbonyl (C=O) groups is 2. The lowest BCUT2D eigenvalue weighted by molar-refractivity contribution is 0.157. The van der Waals surface area contributed by atoms with Gasteiger partial charge in [0, 0.05) is 0 Å². The molecule has 0 saturated carbocycles. The van der Waals surface area contributed by atoms with E-state index in [1.54, 1.807) is 0 Å². The molecule has 1 unspecified atom stereocenters. The van der Waals surface area contributed by atoms with Crippen molar-refractivity contribution < 1.29 is 23.5 Å². The summed E-state index contributed by atoms with van der Waals surface area (Å²) in [6, 6.07) is 1.74. The average Bonchev–Trinajstić information content (AvgIpc) is 2.64. The van der Waals surface area contributed by atoms with Crippen LogP contribution in [-0.2, 0) is 0 Å². The lowest BCUT2D eigenvalue weighted by Crippen LogP contribution is -2.32. The number of nitrogens with zero attached hydrogens (tertiary/aromatic N) is 1. The van der Waals surface area contributed by atoms with Crippen LogP contribution in [0.4, 0.5) is 18.4 Å². The van der Waals surface area contributed by atoms with Crippen LogP contribution in [0, 0.1) is 11.6 Å². The quantitative estimate of drug-likeness (QED) is 0.787. The van der Waals surface area contributed by atoms with Crippen LogP contribution in [0.1, 0.15) is 11.6 Å². The van der Waals surface area contributed by atoms with Crippen molar-refractivity contribution in [3.8, 4) is 0 Å². The molecule has 1 saturated heterocycles. The van der Waals surface area contributed by atoms with Crippen LogP contribution in [0.25, 0.3) is 0 Å². The summed E-state index contributed by atoms with van der Waals surface area (Å²) in [4.78, 5) is 22.4. The maximum Gasteiger partial charge on any atom is 0.415 e. The van der Waals surface area contributed by atoms with Crippen molar-refractivity contribution in [3.63, 3.8) is 0 Å². The van der Waals surface area contributed by atoms with E-state index < -0.39 is 29.8 Å². The van der Waals surface area contributed by atoms with E-state index in [1.807, 2.05) is 0 Å². The van der Waals surface area contributed by atoms with Crippen LogP contribution >= 0.6 is 0 Å². The highest BCUT2D eigenvalue weighted by atomic mass is 19.2. The molecule has 0 aromatic heterocycles. The Bertz CT molecular complexity index is 492. The minimum atomic E-state index is -1.38. The molecule has 0 spiro atoms. The molecule has 3 amide bonds. The van der Waals surface area contributed by atoms with Gasteiger partial charge in [0.15, 0.2) is 11.6 Å². The third kappa shape index (κ3) is 2.03. The Hall–Kier alpha value is -2.18. The fourth-order valence-electron chi connectivity index (χ4n) is 1.62. The minimum absolute atomic E-state index is 0.126. The van der Waals surface area contributed by atoms with Crippen LogP contribution in [-0.4, -0.2) is 28.7 Å². The lowest BCUT2D eigenvalue weighted by Gasteiger charge is -2.09. The van der Waals surface area contributed by atoms with Crippen molar-refractivity contribution in [2.75, 3.05) is 6.54 Å². The zero-order valence-electron chi connectivity index (χ0n) is 8.48. The van der Waals surface area contributed by atoms with Gasteiger partial charge in [0.05, 0.1) is 12.6 Å². The molecule has 1 aliphatic heterocycles. The summed E-state index contributed by atoms with van der Waals surface area (Å²) >= 11 is 0. The first kappa shape index (κ1) is 11.3. The smallest absolute Gasteiger partial charge is 0.415 e. The first-order valence-electron chi connectivity index (χ1n) is 4.75.